The predicted molar refractivity (Wildman–Crippen MR) is 145 cm³/mol. The average molecular weight is 504 g/mol. The van der Waals surface area contributed by atoms with Gasteiger partial charge in [-0.1, -0.05) is 24.3 Å². The molecular formula is C28H33N5O4. The van der Waals surface area contributed by atoms with Crippen molar-refractivity contribution in [2.75, 3.05) is 37.5 Å². The maximum Gasteiger partial charge on any atom is 0.251 e. The minimum absolute atomic E-state index is 0.140. The van der Waals surface area contributed by atoms with Gasteiger partial charge in [-0.15, -0.1) is 0 Å². The molecule has 194 valence electrons. The van der Waals surface area contributed by atoms with E-state index in [9.17, 15) is 14.4 Å². The number of anilines is 2. The minimum atomic E-state index is -0.763. The van der Waals surface area contributed by atoms with Crippen LogP contribution in [-0.4, -0.2) is 57.1 Å². The van der Waals surface area contributed by atoms with Crippen LogP contribution < -0.4 is 30.9 Å². The van der Waals surface area contributed by atoms with Gasteiger partial charge in [0.15, 0.2) is 0 Å². The van der Waals surface area contributed by atoms with Gasteiger partial charge in [0.2, 0.25) is 5.91 Å². The van der Waals surface area contributed by atoms with E-state index in [1.165, 1.54) is 0 Å². The number of methoxy groups -OCH3 is 1. The molecule has 1 aliphatic rings. The Hall–Kier alpha value is -4.11. The molecule has 3 aromatic carbocycles. The van der Waals surface area contributed by atoms with Crippen LogP contribution in [0.2, 0.25) is 0 Å². The van der Waals surface area contributed by atoms with E-state index in [2.05, 4.69) is 21.3 Å². The van der Waals surface area contributed by atoms with E-state index in [4.69, 9.17) is 4.74 Å². The lowest BCUT2D eigenvalue weighted by molar-refractivity contribution is -0.128. The zero-order valence-electron chi connectivity index (χ0n) is 21.6. The second kappa shape index (κ2) is 11.3. The van der Waals surface area contributed by atoms with Crippen molar-refractivity contribution in [3.63, 3.8) is 0 Å². The molecule has 1 heterocycles. The monoisotopic (exact) mass is 503 g/mol. The topological polar surface area (TPSA) is 112 Å². The number of likely N-dealkylation sites (N-methyl/N-ethyl adjacent to an activating group) is 1. The molecule has 0 radical (unpaired) electrons. The maximum absolute atomic E-state index is 13.9. The van der Waals surface area contributed by atoms with E-state index in [1.54, 1.807) is 32.0 Å². The van der Waals surface area contributed by atoms with E-state index in [-0.39, 0.29) is 30.8 Å². The lowest BCUT2D eigenvalue weighted by Crippen LogP contribution is -2.54. The SMILES string of the molecule is CCNC(=O)c1ccc2c(CN3C(=O)C(NC(=O)[C@H](C)NC)CNc4ccccc43)c(OC)ccc2c1. The van der Waals surface area contributed by atoms with Crippen LogP contribution >= 0.6 is 0 Å². The zero-order chi connectivity index (χ0) is 26.5. The fraction of sp³-hybridized carbons (Fsp3) is 0.321. The maximum atomic E-state index is 13.9. The van der Waals surface area contributed by atoms with Crippen LogP contribution in [0.1, 0.15) is 29.8 Å². The van der Waals surface area contributed by atoms with Gasteiger partial charge in [0.25, 0.3) is 11.8 Å². The van der Waals surface area contributed by atoms with Gasteiger partial charge in [-0.2, -0.15) is 0 Å². The highest BCUT2D eigenvalue weighted by Gasteiger charge is 2.33. The first kappa shape index (κ1) is 26.0. The van der Waals surface area contributed by atoms with Gasteiger partial charge in [0.05, 0.1) is 31.1 Å². The number of hydrogen-bond donors (Lipinski definition) is 4. The Kier molecular flexibility index (Phi) is 7.93. The van der Waals surface area contributed by atoms with Crippen molar-refractivity contribution in [3.8, 4) is 5.75 Å². The summed E-state index contributed by atoms with van der Waals surface area (Å²) in [6.45, 7) is 4.64. The lowest BCUT2D eigenvalue weighted by atomic mass is 9.99. The molecule has 0 aliphatic carbocycles. The molecule has 0 fully saturated rings. The van der Waals surface area contributed by atoms with Gasteiger partial charge in [-0.25, -0.2) is 0 Å². The second-order valence-electron chi connectivity index (χ2n) is 8.94. The molecule has 0 bridgehead atoms. The fourth-order valence-corrected chi connectivity index (χ4v) is 4.46. The van der Waals surface area contributed by atoms with E-state index in [0.717, 1.165) is 22.0 Å². The molecule has 0 saturated heterocycles. The number of para-hydroxylation sites is 2. The fourth-order valence-electron chi connectivity index (χ4n) is 4.46. The van der Waals surface area contributed by atoms with Crippen molar-refractivity contribution in [2.24, 2.45) is 0 Å². The van der Waals surface area contributed by atoms with Gasteiger partial charge in [-0.05, 0) is 62.0 Å². The molecular weight excluding hydrogens is 470 g/mol. The summed E-state index contributed by atoms with van der Waals surface area (Å²) in [7, 11) is 3.29. The summed E-state index contributed by atoms with van der Waals surface area (Å²) in [6, 6.07) is 15.6. The summed E-state index contributed by atoms with van der Waals surface area (Å²) in [5.41, 5.74) is 2.88. The van der Waals surface area contributed by atoms with Gasteiger partial charge in [0.1, 0.15) is 11.8 Å². The average Bonchev–Trinajstić information content (AvgIpc) is 3.04. The van der Waals surface area contributed by atoms with Crippen LogP contribution in [0.15, 0.2) is 54.6 Å². The highest BCUT2D eigenvalue weighted by Crippen LogP contribution is 2.35. The highest BCUT2D eigenvalue weighted by atomic mass is 16.5. The molecule has 9 nitrogen and oxygen atoms in total. The molecule has 1 aliphatic heterocycles. The lowest BCUT2D eigenvalue weighted by Gasteiger charge is -2.27. The van der Waals surface area contributed by atoms with Crippen molar-refractivity contribution in [3.05, 3.63) is 65.7 Å². The predicted octanol–water partition coefficient (Wildman–Crippen LogP) is 2.65. The van der Waals surface area contributed by atoms with Crippen LogP contribution in [-0.2, 0) is 16.1 Å². The first-order valence-corrected chi connectivity index (χ1v) is 12.4. The normalized spacial score (nSPS) is 15.8. The second-order valence-corrected chi connectivity index (χ2v) is 8.94. The van der Waals surface area contributed by atoms with E-state index in [1.807, 2.05) is 55.5 Å². The van der Waals surface area contributed by atoms with Gasteiger partial charge >= 0.3 is 0 Å². The molecule has 1 unspecified atom stereocenters. The molecule has 3 aromatic rings. The molecule has 0 aromatic heterocycles. The summed E-state index contributed by atoms with van der Waals surface area (Å²) >= 11 is 0. The molecule has 37 heavy (non-hydrogen) atoms. The number of rotatable bonds is 8. The Morgan fingerprint density at radius 2 is 1.95 bits per heavy atom. The van der Waals surface area contributed by atoms with Crippen molar-refractivity contribution in [1.29, 1.82) is 0 Å². The summed E-state index contributed by atoms with van der Waals surface area (Å²) in [5, 5.41) is 13.7. The molecule has 9 heteroatoms. The Labute approximate surface area is 216 Å². The first-order valence-electron chi connectivity index (χ1n) is 12.4. The van der Waals surface area contributed by atoms with Crippen LogP contribution in [0.3, 0.4) is 0 Å². The number of amides is 3. The third-order valence-corrected chi connectivity index (χ3v) is 6.62. The van der Waals surface area contributed by atoms with Crippen molar-refractivity contribution in [1.82, 2.24) is 16.0 Å². The van der Waals surface area contributed by atoms with Crippen molar-refractivity contribution >= 4 is 39.9 Å². The quantitative estimate of drug-likeness (QED) is 0.376. The number of hydrogen-bond acceptors (Lipinski definition) is 6. The molecule has 4 N–H and O–H groups in total. The van der Waals surface area contributed by atoms with E-state index >= 15 is 0 Å². The number of nitrogens with zero attached hydrogens (tertiary/aromatic N) is 1. The van der Waals surface area contributed by atoms with E-state index in [0.29, 0.717) is 23.5 Å². The number of carbonyl (C=O) groups is 3. The minimum Gasteiger partial charge on any atom is -0.496 e. The molecule has 3 amide bonds. The number of fused-ring (bicyclic) bond motifs is 2. The molecule has 0 saturated carbocycles. The number of benzene rings is 3. The summed E-state index contributed by atoms with van der Waals surface area (Å²) < 4.78 is 5.69. The first-order chi connectivity index (χ1) is 17.9. The van der Waals surface area contributed by atoms with E-state index < -0.39 is 12.1 Å². The summed E-state index contributed by atoms with van der Waals surface area (Å²) in [4.78, 5) is 40.6. The summed E-state index contributed by atoms with van der Waals surface area (Å²) in [6.07, 6.45) is 0. The number of carbonyl (C=O) groups excluding carboxylic acids is 3. The van der Waals surface area contributed by atoms with Crippen LogP contribution in [0, 0.1) is 0 Å². The Balaban J connectivity index is 1.76. The van der Waals surface area contributed by atoms with Crippen LogP contribution in [0.25, 0.3) is 10.8 Å². The highest BCUT2D eigenvalue weighted by molar-refractivity contribution is 6.04. The zero-order valence-corrected chi connectivity index (χ0v) is 21.6. The largest absolute Gasteiger partial charge is 0.496 e. The van der Waals surface area contributed by atoms with Crippen LogP contribution in [0.4, 0.5) is 11.4 Å². The van der Waals surface area contributed by atoms with Crippen molar-refractivity contribution in [2.45, 2.75) is 32.5 Å². The van der Waals surface area contributed by atoms with Crippen molar-refractivity contribution < 1.29 is 19.1 Å². The summed E-state index contributed by atoms with van der Waals surface area (Å²) in [5.74, 6) is 0.00488. The third-order valence-electron chi connectivity index (χ3n) is 6.62. The molecule has 4 rings (SSSR count). The number of ether oxygens (including phenoxy) is 1. The number of nitrogens with one attached hydrogen (secondary N) is 4. The Bertz CT molecular complexity index is 1330. The molecule has 0 spiro atoms. The Morgan fingerprint density at radius 3 is 2.68 bits per heavy atom. The van der Waals surface area contributed by atoms with Crippen LogP contribution in [0.5, 0.6) is 5.75 Å². The van der Waals surface area contributed by atoms with Gasteiger partial charge in [-0.3, -0.25) is 14.4 Å². The third kappa shape index (κ3) is 5.36. The standard InChI is InChI=1S/C28H33N5O4/c1-5-30-27(35)19-10-12-20-18(14-19)11-13-25(37-4)21(20)16-33-24-9-7-6-8-22(24)31-15-23(28(33)36)32-26(34)17(2)29-3/h6-14,17,23,29,31H,5,15-16H2,1-4H3,(H,30,35)(H,32,34)/t17-,23?/m0/s1. The smallest absolute Gasteiger partial charge is 0.251 e. The molecule has 2 atom stereocenters. The van der Waals surface area contributed by atoms with Gasteiger partial charge < -0.3 is 30.9 Å². The Morgan fingerprint density at radius 1 is 1.16 bits per heavy atom. The van der Waals surface area contributed by atoms with Gasteiger partial charge in [0, 0.05) is 24.2 Å².